The third-order valence-electron chi connectivity index (χ3n) is 6.62. The summed E-state index contributed by atoms with van der Waals surface area (Å²) >= 11 is 0. The third-order valence-corrected chi connectivity index (χ3v) is 6.62. The van der Waals surface area contributed by atoms with Gasteiger partial charge in [-0.25, -0.2) is 4.39 Å². The van der Waals surface area contributed by atoms with E-state index in [2.05, 4.69) is 6.92 Å². The van der Waals surface area contributed by atoms with Crippen LogP contribution >= 0.6 is 0 Å². The van der Waals surface area contributed by atoms with Gasteiger partial charge in [-0.1, -0.05) is 44.7 Å². The van der Waals surface area contributed by atoms with E-state index in [0.717, 1.165) is 36.2 Å². The van der Waals surface area contributed by atoms with Crippen LogP contribution in [0.4, 0.5) is 4.39 Å². The molecule has 24 heavy (non-hydrogen) atoms. The SMILES string of the molecule is CCC[C@H]1CC[C@H](C2CCC(c3cccc(C#N)c3F)CC2)CC1. The molecule has 1 aromatic carbocycles. The van der Waals surface area contributed by atoms with Crippen LogP contribution in [0.25, 0.3) is 0 Å². The fraction of sp³-hybridized carbons (Fsp3) is 0.682. The maximum Gasteiger partial charge on any atom is 0.144 e. The van der Waals surface area contributed by atoms with E-state index < -0.39 is 0 Å². The zero-order valence-corrected chi connectivity index (χ0v) is 14.9. The largest absolute Gasteiger partial charge is 0.205 e. The quantitative estimate of drug-likeness (QED) is 0.613. The molecule has 2 aliphatic rings. The molecular formula is C22H30FN. The van der Waals surface area contributed by atoms with Gasteiger partial charge < -0.3 is 0 Å². The number of hydrogen-bond donors (Lipinski definition) is 0. The standard InChI is InChI=1S/C22H30FN/c1-2-4-16-7-9-17(10-8-16)18-11-13-19(14-12-18)21-6-3-5-20(15-24)22(21)23/h3,5-6,16-19H,2,4,7-14H2,1H3/t16-,17-,18?,19?. The van der Waals surface area contributed by atoms with E-state index in [1.54, 1.807) is 6.07 Å². The summed E-state index contributed by atoms with van der Waals surface area (Å²) in [4.78, 5) is 0. The predicted octanol–water partition coefficient (Wildman–Crippen LogP) is 6.58. The Bertz CT molecular complexity index is 572. The molecule has 0 aliphatic heterocycles. The first kappa shape index (κ1) is 17.5. The molecule has 1 aromatic rings. The lowest BCUT2D eigenvalue weighted by Gasteiger charge is -2.38. The number of benzene rings is 1. The number of hydrogen-bond acceptors (Lipinski definition) is 1. The van der Waals surface area contributed by atoms with Crippen molar-refractivity contribution < 1.29 is 4.39 Å². The lowest BCUT2D eigenvalue weighted by atomic mass is 9.68. The van der Waals surface area contributed by atoms with Gasteiger partial charge in [0.05, 0.1) is 5.56 Å². The van der Waals surface area contributed by atoms with Crippen molar-refractivity contribution in [1.29, 1.82) is 5.26 Å². The summed E-state index contributed by atoms with van der Waals surface area (Å²) in [5, 5.41) is 9.02. The Morgan fingerprint density at radius 3 is 2.21 bits per heavy atom. The van der Waals surface area contributed by atoms with Gasteiger partial charge in [0.15, 0.2) is 0 Å². The molecule has 0 bridgehead atoms. The molecule has 0 saturated heterocycles. The summed E-state index contributed by atoms with van der Waals surface area (Å²) in [5.41, 5.74) is 0.975. The van der Waals surface area contributed by atoms with Crippen molar-refractivity contribution in [2.45, 2.75) is 77.0 Å². The first-order chi connectivity index (χ1) is 11.7. The first-order valence-corrected chi connectivity index (χ1v) is 9.91. The maximum atomic E-state index is 14.4. The van der Waals surface area contributed by atoms with Crippen LogP contribution in [-0.4, -0.2) is 0 Å². The fourth-order valence-corrected chi connectivity index (χ4v) is 5.21. The molecule has 2 heteroatoms. The average Bonchev–Trinajstić information content (AvgIpc) is 2.63. The summed E-state index contributed by atoms with van der Waals surface area (Å²) in [6.07, 6.45) is 13.1. The lowest BCUT2D eigenvalue weighted by Crippen LogP contribution is -2.25. The highest BCUT2D eigenvalue weighted by Crippen LogP contribution is 2.44. The van der Waals surface area contributed by atoms with Gasteiger partial charge >= 0.3 is 0 Å². The molecule has 0 unspecified atom stereocenters. The van der Waals surface area contributed by atoms with E-state index in [9.17, 15) is 4.39 Å². The third kappa shape index (κ3) is 3.82. The molecule has 130 valence electrons. The van der Waals surface area contributed by atoms with Gasteiger partial charge in [-0.2, -0.15) is 5.26 Å². The number of halogens is 1. The van der Waals surface area contributed by atoms with Crippen LogP contribution in [0.5, 0.6) is 0 Å². The van der Waals surface area contributed by atoms with Gasteiger partial charge in [-0.05, 0) is 73.8 Å². The van der Waals surface area contributed by atoms with Crippen molar-refractivity contribution in [2.75, 3.05) is 0 Å². The molecule has 0 spiro atoms. The van der Waals surface area contributed by atoms with Crippen LogP contribution in [0.3, 0.4) is 0 Å². The van der Waals surface area contributed by atoms with Crippen molar-refractivity contribution >= 4 is 0 Å². The highest BCUT2D eigenvalue weighted by atomic mass is 19.1. The molecule has 0 radical (unpaired) electrons. The molecule has 3 rings (SSSR count). The Hall–Kier alpha value is -1.36. The normalized spacial score (nSPS) is 30.7. The second kappa shape index (κ2) is 8.15. The predicted molar refractivity (Wildman–Crippen MR) is 96.2 cm³/mol. The van der Waals surface area contributed by atoms with Crippen molar-refractivity contribution in [3.8, 4) is 6.07 Å². The van der Waals surface area contributed by atoms with Gasteiger partial charge in [0.2, 0.25) is 0 Å². The Kier molecular flexibility index (Phi) is 5.93. The van der Waals surface area contributed by atoms with Gasteiger partial charge in [-0.3, -0.25) is 0 Å². The van der Waals surface area contributed by atoms with Crippen LogP contribution in [0, 0.1) is 34.9 Å². The summed E-state index contributed by atoms with van der Waals surface area (Å²) in [7, 11) is 0. The van der Waals surface area contributed by atoms with Crippen molar-refractivity contribution in [1.82, 2.24) is 0 Å². The summed E-state index contributed by atoms with van der Waals surface area (Å²) < 4.78 is 14.4. The van der Waals surface area contributed by atoms with Crippen molar-refractivity contribution in [3.05, 3.63) is 35.1 Å². The monoisotopic (exact) mass is 327 g/mol. The smallest absolute Gasteiger partial charge is 0.144 e. The molecular weight excluding hydrogens is 297 g/mol. The molecule has 0 amide bonds. The number of rotatable bonds is 4. The van der Waals surface area contributed by atoms with Crippen molar-refractivity contribution in [3.63, 3.8) is 0 Å². The molecule has 0 N–H and O–H groups in total. The van der Waals surface area contributed by atoms with E-state index in [1.807, 2.05) is 18.2 Å². The lowest BCUT2D eigenvalue weighted by molar-refractivity contribution is 0.156. The van der Waals surface area contributed by atoms with Gasteiger partial charge in [0.1, 0.15) is 11.9 Å². The first-order valence-electron chi connectivity index (χ1n) is 9.91. The van der Waals surface area contributed by atoms with Crippen LogP contribution < -0.4 is 0 Å². The fourth-order valence-electron chi connectivity index (χ4n) is 5.21. The van der Waals surface area contributed by atoms with E-state index in [1.165, 1.54) is 51.4 Å². The zero-order valence-electron chi connectivity index (χ0n) is 14.9. The van der Waals surface area contributed by atoms with Crippen LogP contribution in [-0.2, 0) is 0 Å². The average molecular weight is 327 g/mol. The maximum absolute atomic E-state index is 14.4. The van der Waals surface area contributed by atoms with Crippen LogP contribution in [0.1, 0.15) is 88.2 Å². The molecule has 2 fully saturated rings. The molecule has 2 aliphatic carbocycles. The molecule has 2 saturated carbocycles. The Morgan fingerprint density at radius 1 is 1.00 bits per heavy atom. The van der Waals surface area contributed by atoms with E-state index >= 15 is 0 Å². The summed E-state index contributed by atoms with van der Waals surface area (Å²) in [6.45, 7) is 2.30. The van der Waals surface area contributed by atoms with Crippen LogP contribution in [0.2, 0.25) is 0 Å². The van der Waals surface area contributed by atoms with Gasteiger partial charge in [-0.15, -0.1) is 0 Å². The molecule has 0 aromatic heterocycles. The van der Waals surface area contributed by atoms with Gasteiger partial charge in [0.25, 0.3) is 0 Å². The second-order valence-corrected chi connectivity index (χ2v) is 8.00. The Balaban J connectivity index is 1.54. The van der Waals surface area contributed by atoms with Crippen LogP contribution in [0.15, 0.2) is 18.2 Å². The van der Waals surface area contributed by atoms with E-state index in [4.69, 9.17) is 5.26 Å². The zero-order chi connectivity index (χ0) is 16.9. The minimum absolute atomic E-state index is 0.198. The second-order valence-electron chi connectivity index (χ2n) is 8.00. The topological polar surface area (TPSA) is 23.8 Å². The highest BCUT2D eigenvalue weighted by Gasteiger charge is 2.31. The van der Waals surface area contributed by atoms with Crippen molar-refractivity contribution in [2.24, 2.45) is 17.8 Å². The minimum Gasteiger partial charge on any atom is -0.205 e. The summed E-state index contributed by atoms with van der Waals surface area (Å²) in [6, 6.07) is 7.27. The summed E-state index contributed by atoms with van der Waals surface area (Å²) in [5.74, 6) is 2.78. The van der Waals surface area contributed by atoms with E-state index in [-0.39, 0.29) is 11.4 Å². The van der Waals surface area contributed by atoms with Gasteiger partial charge in [0, 0.05) is 0 Å². The number of nitriles is 1. The molecule has 0 heterocycles. The Labute approximate surface area is 146 Å². The minimum atomic E-state index is -0.275. The Morgan fingerprint density at radius 2 is 1.62 bits per heavy atom. The van der Waals surface area contributed by atoms with E-state index in [0.29, 0.717) is 5.92 Å². The highest BCUT2D eigenvalue weighted by molar-refractivity contribution is 5.36. The molecule has 0 atom stereocenters. The molecule has 1 nitrogen and oxygen atoms in total. The number of nitrogens with zero attached hydrogens (tertiary/aromatic N) is 1.